The lowest BCUT2D eigenvalue weighted by Gasteiger charge is -2.44. The van der Waals surface area contributed by atoms with E-state index in [2.05, 4.69) is 43.3 Å². The molecule has 1 aromatic carbocycles. The molecule has 32 heavy (non-hydrogen) atoms. The summed E-state index contributed by atoms with van der Waals surface area (Å²) >= 11 is 0. The number of benzene rings is 1. The van der Waals surface area contributed by atoms with Crippen LogP contribution in [0.2, 0.25) is 0 Å². The van der Waals surface area contributed by atoms with Gasteiger partial charge in [0.2, 0.25) is 0 Å². The molecule has 2 aliphatic rings. The van der Waals surface area contributed by atoms with Gasteiger partial charge < -0.3 is 10.1 Å². The van der Waals surface area contributed by atoms with Crippen molar-refractivity contribution in [2.75, 3.05) is 5.32 Å². The first-order valence-corrected chi connectivity index (χ1v) is 11.2. The number of rotatable bonds is 3. The number of ether oxygens (including phenoxy) is 1. The van der Waals surface area contributed by atoms with Crippen molar-refractivity contribution >= 4 is 22.5 Å². The summed E-state index contributed by atoms with van der Waals surface area (Å²) in [5.74, 6) is 1.79. The van der Waals surface area contributed by atoms with Gasteiger partial charge in [0.15, 0.2) is 5.78 Å². The van der Waals surface area contributed by atoms with Gasteiger partial charge in [-0.3, -0.25) is 9.48 Å². The molecule has 2 aromatic heterocycles. The summed E-state index contributed by atoms with van der Waals surface area (Å²) < 4.78 is 7.85. The maximum absolute atomic E-state index is 13.7. The minimum atomic E-state index is -0.671. The SMILES string of the molecule is CC(C)Oc1cccc(C2(C)C3=C(CC(C)(C)CC3=O)Nc3ncc4c(cnn4C)c32)c1. The molecular formula is C26H30N4O2. The van der Waals surface area contributed by atoms with Crippen LogP contribution in [0.1, 0.15) is 58.6 Å². The second kappa shape index (κ2) is 6.92. The lowest BCUT2D eigenvalue weighted by Crippen LogP contribution is -2.42. The zero-order chi connectivity index (χ0) is 22.8. The van der Waals surface area contributed by atoms with Crippen LogP contribution in [0.15, 0.2) is 47.9 Å². The van der Waals surface area contributed by atoms with Crippen molar-refractivity contribution in [1.29, 1.82) is 0 Å². The number of carbonyl (C=O) groups is 1. The molecule has 1 aliphatic carbocycles. The minimum absolute atomic E-state index is 0.0666. The van der Waals surface area contributed by atoms with E-state index < -0.39 is 5.41 Å². The number of allylic oxidation sites excluding steroid dienone is 2. The Morgan fingerprint density at radius 2 is 1.94 bits per heavy atom. The van der Waals surface area contributed by atoms with Gasteiger partial charge in [-0.2, -0.15) is 5.10 Å². The molecular weight excluding hydrogens is 400 g/mol. The molecule has 0 amide bonds. The maximum atomic E-state index is 13.7. The Balaban J connectivity index is 1.83. The summed E-state index contributed by atoms with van der Waals surface area (Å²) in [6, 6.07) is 8.14. The van der Waals surface area contributed by atoms with Gasteiger partial charge in [0.25, 0.3) is 0 Å². The number of anilines is 1. The average Bonchev–Trinajstić information content (AvgIpc) is 3.07. The number of carbonyl (C=O) groups excluding carboxylic acids is 1. The van der Waals surface area contributed by atoms with Crippen molar-refractivity contribution in [2.45, 2.75) is 59.0 Å². The van der Waals surface area contributed by atoms with Gasteiger partial charge in [-0.05, 0) is 50.3 Å². The van der Waals surface area contributed by atoms with E-state index in [9.17, 15) is 4.79 Å². The molecule has 3 heterocycles. The fraction of sp³-hybridized carbons (Fsp3) is 0.423. The smallest absolute Gasteiger partial charge is 0.162 e. The van der Waals surface area contributed by atoms with Gasteiger partial charge >= 0.3 is 0 Å². The van der Waals surface area contributed by atoms with Gasteiger partial charge in [-0.25, -0.2) is 4.98 Å². The first-order valence-electron chi connectivity index (χ1n) is 11.2. The second-order valence-electron chi connectivity index (χ2n) is 10.3. The highest BCUT2D eigenvalue weighted by Crippen LogP contribution is 2.53. The van der Waals surface area contributed by atoms with Crippen molar-refractivity contribution < 1.29 is 9.53 Å². The van der Waals surface area contributed by atoms with E-state index >= 15 is 0 Å². The van der Waals surface area contributed by atoms with Crippen LogP contribution in [0.3, 0.4) is 0 Å². The predicted molar refractivity (Wildman–Crippen MR) is 126 cm³/mol. The van der Waals surface area contributed by atoms with E-state index in [1.165, 1.54) is 0 Å². The highest BCUT2D eigenvalue weighted by Gasteiger charge is 2.49. The van der Waals surface area contributed by atoms with Gasteiger partial charge in [-0.1, -0.05) is 26.0 Å². The molecule has 6 nitrogen and oxygen atoms in total. The van der Waals surface area contributed by atoms with E-state index in [-0.39, 0.29) is 17.3 Å². The zero-order valence-electron chi connectivity index (χ0n) is 19.6. The number of nitrogens with one attached hydrogen (secondary N) is 1. The number of ketones is 1. The third-order valence-corrected chi connectivity index (χ3v) is 6.73. The fourth-order valence-electron chi connectivity index (χ4n) is 5.43. The molecule has 1 aliphatic heterocycles. The van der Waals surface area contributed by atoms with Crippen molar-refractivity contribution in [1.82, 2.24) is 14.8 Å². The second-order valence-corrected chi connectivity index (χ2v) is 10.3. The van der Waals surface area contributed by atoms with E-state index in [0.29, 0.717) is 6.42 Å². The average molecular weight is 431 g/mol. The zero-order valence-corrected chi connectivity index (χ0v) is 19.6. The van der Waals surface area contributed by atoms with Gasteiger partial charge in [0.1, 0.15) is 11.6 Å². The Hall–Kier alpha value is -3.15. The van der Waals surface area contributed by atoms with Crippen LogP contribution in [-0.2, 0) is 17.3 Å². The number of nitrogens with zero attached hydrogens (tertiary/aromatic N) is 3. The summed E-state index contributed by atoms with van der Waals surface area (Å²) in [7, 11) is 1.92. The molecule has 0 bridgehead atoms. The Bertz CT molecular complexity index is 1280. The molecule has 1 N–H and O–H groups in total. The van der Waals surface area contributed by atoms with Crippen LogP contribution in [0.25, 0.3) is 10.9 Å². The lowest BCUT2D eigenvalue weighted by molar-refractivity contribution is -0.118. The van der Waals surface area contributed by atoms with Gasteiger partial charge in [0.05, 0.1) is 29.4 Å². The summed E-state index contributed by atoms with van der Waals surface area (Å²) in [5.41, 5.74) is 4.02. The molecule has 3 aromatic rings. The monoisotopic (exact) mass is 430 g/mol. The topological polar surface area (TPSA) is 69.0 Å². The molecule has 0 fully saturated rings. The predicted octanol–water partition coefficient (Wildman–Crippen LogP) is 5.13. The number of hydrogen-bond donors (Lipinski definition) is 1. The van der Waals surface area contributed by atoms with Crippen LogP contribution in [0.4, 0.5) is 5.82 Å². The van der Waals surface area contributed by atoms with Crippen molar-refractivity contribution in [3.63, 3.8) is 0 Å². The Morgan fingerprint density at radius 1 is 1.16 bits per heavy atom. The number of aryl methyl sites for hydroxylation is 1. The molecule has 0 saturated carbocycles. The molecule has 6 heteroatoms. The largest absolute Gasteiger partial charge is 0.491 e. The number of aromatic nitrogens is 3. The highest BCUT2D eigenvalue weighted by atomic mass is 16.5. The molecule has 1 unspecified atom stereocenters. The molecule has 1 atom stereocenters. The standard InChI is InChI=1S/C26H30N4O2/c1-15(2)32-17-9-7-8-16(10-17)26(5)22-18-13-28-30(6)20(18)14-27-24(22)29-19-11-25(3,4)12-21(31)23(19)26/h7-10,13-15H,11-12H2,1-6H3,(H,27,29). The Morgan fingerprint density at radius 3 is 2.69 bits per heavy atom. The van der Waals surface area contributed by atoms with Crippen molar-refractivity contribution in [3.05, 3.63) is 59.1 Å². The van der Waals surface area contributed by atoms with Crippen LogP contribution < -0.4 is 10.1 Å². The Kier molecular flexibility index (Phi) is 4.49. The first kappa shape index (κ1) is 20.7. The molecule has 5 rings (SSSR count). The maximum Gasteiger partial charge on any atom is 0.162 e. The molecule has 0 saturated heterocycles. The summed E-state index contributed by atoms with van der Waals surface area (Å²) in [6.07, 6.45) is 5.13. The van der Waals surface area contributed by atoms with Crippen LogP contribution in [0.5, 0.6) is 5.75 Å². The summed E-state index contributed by atoms with van der Waals surface area (Å²) in [4.78, 5) is 18.5. The van der Waals surface area contributed by atoms with Crippen molar-refractivity contribution in [2.24, 2.45) is 12.5 Å². The summed E-state index contributed by atoms with van der Waals surface area (Å²) in [5, 5.41) is 9.03. The first-order chi connectivity index (χ1) is 15.1. The van der Waals surface area contributed by atoms with E-state index in [1.54, 1.807) is 0 Å². The third kappa shape index (κ3) is 3.04. The lowest BCUT2D eigenvalue weighted by atomic mass is 9.61. The third-order valence-electron chi connectivity index (χ3n) is 6.73. The normalized spacial score (nSPS) is 22.0. The summed E-state index contributed by atoms with van der Waals surface area (Å²) in [6.45, 7) is 10.5. The number of pyridine rings is 1. The highest BCUT2D eigenvalue weighted by molar-refractivity contribution is 6.05. The quantitative estimate of drug-likeness (QED) is 0.624. The van der Waals surface area contributed by atoms with Crippen LogP contribution >= 0.6 is 0 Å². The van der Waals surface area contributed by atoms with E-state index in [0.717, 1.165) is 51.3 Å². The minimum Gasteiger partial charge on any atom is -0.491 e. The fourth-order valence-corrected chi connectivity index (χ4v) is 5.43. The molecule has 0 radical (unpaired) electrons. The van der Waals surface area contributed by atoms with E-state index in [1.807, 2.05) is 50.1 Å². The van der Waals surface area contributed by atoms with Crippen molar-refractivity contribution in [3.8, 4) is 5.75 Å². The number of Topliss-reactive ketones (excluding diaryl/α,β-unsaturated/α-hetero) is 1. The van der Waals surface area contributed by atoms with Gasteiger partial charge in [0, 0.05) is 35.7 Å². The Labute approximate surface area is 188 Å². The number of fused-ring (bicyclic) bond motifs is 3. The molecule has 166 valence electrons. The van der Waals surface area contributed by atoms with E-state index in [4.69, 9.17) is 9.72 Å². The number of hydrogen-bond acceptors (Lipinski definition) is 5. The van der Waals surface area contributed by atoms with Crippen LogP contribution in [0, 0.1) is 5.41 Å². The van der Waals surface area contributed by atoms with Crippen LogP contribution in [-0.4, -0.2) is 26.7 Å². The molecule has 0 spiro atoms. The van der Waals surface area contributed by atoms with Gasteiger partial charge in [-0.15, -0.1) is 0 Å².